The summed E-state index contributed by atoms with van der Waals surface area (Å²) in [6, 6.07) is 7.89. The number of thioether (sulfide) groups is 1. The molecule has 34 heavy (non-hydrogen) atoms. The lowest BCUT2D eigenvalue weighted by molar-refractivity contribution is -0.140. The maximum absolute atomic E-state index is 12.0. The van der Waals surface area contributed by atoms with Crippen LogP contribution in [-0.2, 0) is 9.59 Å². The average molecular weight is 515 g/mol. The third-order valence-corrected chi connectivity index (χ3v) is 6.01. The maximum atomic E-state index is 12.0. The van der Waals surface area contributed by atoms with Crippen molar-refractivity contribution in [1.82, 2.24) is 10.2 Å². The van der Waals surface area contributed by atoms with E-state index in [0.717, 1.165) is 27.8 Å². The highest BCUT2D eigenvalue weighted by Crippen LogP contribution is 2.30. The molecule has 0 bridgehead atoms. The molecule has 1 heterocycles. The molecule has 0 spiro atoms. The number of nitrogens with one attached hydrogen (secondary N) is 1. The first-order valence-corrected chi connectivity index (χ1v) is 11.4. The average Bonchev–Trinajstić information content (AvgIpc) is 3.06. The van der Waals surface area contributed by atoms with E-state index in [1.54, 1.807) is 19.2 Å². The number of nitrogens with zero attached hydrogens (tertiary/aromatic N) is 1. The summed E-state index contributed by atoms with van der Waals surface area (Å²) in [6.07, 6.45) is -0.312. The molecule has 0 saturated carbocycles. The summed E-state index contributed by atoms with van der Waals surface area (Å²) in [6.45, 7) is 1.04. The fraction of sp³-hybridized carbons (Fsp3) is 0.409. The Hall–Kier alpha value is -2.16. The van der Waals surface area contributed by atoms with Crippen LogP contribution in [0.25, 0.3) is 6.08 Å². The molecule has 12 heteroatoms. The quantitative estimate of drug-likeness (QED) is 0.158. The van der Waals surface area contributed by atoms with Gasteiger partial charge in [-0.15, -0.1) is 0 Å². The number of aliphatic carboxylic acids is 1. The van der Waals surface area contributed by atoms with Crippen LogP contribution in [0, 0.1) is 6.92 Å². The van der Waals surface area contributed by atoms with Gasteiger partial charge in [0.1, 0.15) is 29.2 Å². The highest BCUT2D eigenvalue weighted by Gasteiger charge is 2.33. The number of benzene rings is 1. The van der Waals surface area contributed by atoms with E-state index in [9.17, 15) is 14.7 Å². The van der Waals surface area contributed by atoms with Gasteiger partial charge in [-0.05, 0) is 31.2 Å². The van der Waals surface area contributed by atoms with Crippen molar-refractivity contribution in [2.75, 3.05) is 26.7 Å². The molecule has 7 N–H and O–H groups in total. The number of carboxylic acid groups (broad SMARTS) is 1. The molecule has 0 unspecified atom stereocenters. The standard InChI is InChI=1S/C15H13NO3S2.C7H17NO5/c1-10-5-2-3-6-11(10)7-4-8-12-14(19)16(9-13(17)18)15(20)21-12;1-8-2-4(10)6(12)7(13)5(11)3-9/h2-8H,9H2,1H3,(H,17,18);4-13H,2-3H2,1H3/b7-4+,12-8+;/t;4-,5+,6+,7+/m.0/s1. The first-order chi connectivity index (χ1) is 16.0. The zero-order valence-electron chi connectivity index (χ0n) is 18.7. The van der Waals surface area contributed by atoms with Gasteiger partial charge in [-0.3, -0.25) is 14.5 Å². The summed E-state index contributed by atoms with van der Waals surface area (Å²) in [5.41, 5.74) is 2.20. The van der Waals surface area contributed by atoms with Gasteiger partial charge in [-0.25, -0.2) is 0 Å². The minimum atomic E-state index is -1.55. The van der Waals surface area contributed by atoms with Crippen molar-refractivity contribution in [3.8, 4) is 0 Å². The van der Waals surface area contributed by atoms with Crippen LogP contribution in [0.2, 0.25) is 0 Å². The zero-order chi connectivity index (χ0) is 25.8. The minimum Gasteiger partial charge on any atom is -0.480 e. The summed E-state index contributed by atoms with van der Waals surface area (Å²) in [7, 11) is 1.57. The number of amides is 1. The van der Waals surface area contributed by atoms with Gasteiger partial charge in [0.15, 0.2) is 0 Å². The van der Waals surface area contributed by atoms with Crippen LogP contribution in [-0.4, -0.2) is 103 Å². The molecule has 188 valence electrons. The van der Waals surface area contributed by atoms with Crippen molar-refractivity contribution in [3.63, 3.8) is 0 Å². The normalized spacial score (nSPS) is 18.6. The molecule has 1 aromatic carbocycles. The number of aliphatic hydroxyl groups is 5. The molecule has 0 radical (unpaired) electrons. The Morgan fingerprint density at radius 3 is 2.35 bits per heavy atom. The number of carbonyl (C=O) groups is 2. The van der Waals surface area contributed by atoms with Crippen LogP contribution in [0.4, 0.5) is 0 Å². The van der Waals surface area contributed by atoms with Crippen LogP contribution in [0.5, 0.6) is 0 Å². The van der Waals surface area contributed by atoms with Gasteiger partial charge in [0.2, 0.25) is 0 Å². The van der Waals surface area contributed by atoms with E-state index < -0.39 is 43.5 Å². The molecule has 1 saturated heterocycles. The van der Waals surface area contributed by atoms with Crippen LogP contribution < -0.4 is 5.32 Å². The number of hydrogen-bond acceptors (Lipinski definition) is 10. The highest BCUT2D eigenvalue weighted by atomic mass is 32.2. The predicted molar refractivity (Wildman–Crippen MR) is 133 cm³/mol. The number of allylic oxidation sites excluding steroid dienone is 2. The SMILES string of the molecule is CNC[C@H](O)[C@@H](O)[C@H](O)[C@H](O)CO.Cc1ccccc1/C=C/C=C1/SC(=S)N(CC(=O)O)C1=O. The molecule has 1 aromatic rings. The van der Waals surface area contributed by atoms with E-state index in [1.165, 1.54) is 0 Å². The largest absolute Gasteiger partial charge is 0.480 e. The van der Waals surface area contributed by atoms with Gasteiger partial charge in [0.05, 0.1) is 17.6 Å². The topological polar surface area (TPSA) is 171 Å². The lowest BCUT2D eigenvalue weighted by atomic mass is 10.0. The second-order valence-electron chi connectivity index (χ2n) is 7.26. The Morgan fingerprint density at radius 1 is 1.18 bits per heavy atom. The third kappa shape index (κ3) is 9.24. The Labute approximate surface area is 207 Å². The molecular weight excluding hydrogens is 484 g/mol. The summed E-state index contributed by atoms with van der Waals surface area (Å²) < 4.78 is 0.276. The van der Waals surface area contributed by atoms with Crippen molar-refractivity contribution in [3.05, 3.63) is 52.4 Å². The first-order valence-electron chi connectivity index (χ1n) is 10.2. The molecule has 1 aliphatic rings. The summed E-state index contributed by atoms with van der Waals surface area (Å²) in [5.74, 6) is -1.44. The summed E-state index contributed by atoms with van der Waals surface area (Å²) in [5, 5.41) is 56.2. The van der Waals surface area contributed by atoms with Gasteiger partial charge < -0.3 is 36.0 Å². The number of rotatable bonds is 10. The van der Waals surface area contributed by atoms with Crippen LogP contribution >= 0.6 is 24.0 Å². The molecule has 4 atom stereocenters. The Kier molecular flexibility index (Phi) is 13.1. The van der Waals surface area contributed by atoms with Crippen molar-refractivity contribution >= 4 is 46.3 Å². The van der Waals surface area contributed by atoms with Crippen LogP contribution in [0.3, 0.4) is 0 Å². The number of thiocarbonyl (C=S) groups is 1. The van der Waals surface area contributed by atoms with E-state index in [1.807, 2.05) is 37.3 Å². The first kappa shape index (κ1) is 29.9. The second kappa shape index (κ2) is 15.0. The van der Waals surface area contributed by atoms with E-state index in [-0.39, 0.29) is 16.8 Å². The molecule has 10 nitrogen and oxygen atoms in total. The minimum absolute atomic E-state index is 0.0936. The number of likely N-dealkylation sites (N-methyl/N-ethyl adjacent to an activating group) is 1. The predicted octanol–water partition coefficient (Wildman–Crippen LogP) is -0.521. The lowest BCUT2D eigenvalue weighted by Gasteiger charge is -2.25. The van der Waals surface area contributed by atoms with Gasteiger partial charge in [0.25, 0.3) is 5.91 Å². The Morgan fingerprint density at radius 2 is 1.79 bits per heavy atom. The molecule has 1 fully saturated rings. The van der Waals surface area contributed by atoms with Crippen LogP contribution in [0.1, 0.15) is 11.1 Å². The second-order valence-corrected chi connectivity index (χ2v) is 8.93. The van der Waals surface area contributed by atoms with Crippen molar-refractivity contribution in [2.24, 2.45) is 0 Å². The molecule has 1 aliphatic heterocycles. The van der Waals surface area contributed by atoms with Crippen molar-refractivity contribution in [1.29, 1.82) is 0 Å². The lowest BCUT2D eigenvalue weighted by Crippen LogP contribution is -2.48. The third-order valence-electron chi connectivity index (χ3n) is 4.62. The van der Waals surface area contributed by atoms with E-state index >= 15 is 0 Å². The van der Waals surface area contributed by atoms with Gasteiger partial charge in [-0.1, -0.05) is 60.4 Å². The highest BCUT2D eigenvalue weighted by molar-refractivity contribution is 8.26. The molecule has 0 aromatic heterocycles. The smallest absolute Gasteiger partial charge is 0.323 e. The number of carbonyl (C=O) groups excluding carboxylic acids is 1. The van der Waals surface area contributed by atoms with Gasteiger partial charge in [0, 0.05) is 6.54 Å². The van der Waals surface area contributed by atoms with E-state index in [2.05, 4.69) is 5.32 Å². The fourth-order valence-corrected chi connectivity index (χ4v) is 3.90. The van der Waals surface area contributed by atoms with Gasteiger partial charge in [-0.2, -0.15) is 0 Å². The van der Waals surface area contributed by atoms with E-state index in [0.29, 0.717) is 4.91 Å². The fourth-order valence-electron chi connectivity index (χ4n) is 2.69. The Bertz CT molecular complexity index is 909. The molecule has 0 aliphatic carbocycles. The summed E-state index contributed by atoms with van der Waals surface area (Å²) in [4.78, 5) is 24.2. The monoisotopic (exact) mass is 514 g/mol. The zero-order valence-corrected chi connectivity index (χ0v) is 20.4. The number of aliphatic hydroxyl groups excluding tert-OH is 5. The maximum Gasteiger partial charge on any atom is 0.323 e. The van der Waals surface area contributed by atoms with Crippen molar-refractivity contribution < 1.29 is 40.2 Å². The van der Waals surface area contributed by atoms with Crippen LogP contribution in [0.15, 0.2) is 41.3 Å². The molecule has 2 rings (SSSR count). The number of hydrogen-bond donors (Lipinski definition) is 7. The van der Waals surface area contributed by atoms with E-state index in [4.69, 9.17) is 37.8 Å². The Balaban J connectivity index is 0.000000385. The molecule has 1 amide bonds. The van der Waals surface area contributed by atoms with Gasteiger partial charge >= 0.3 is 5.97 Å². The number of carboxylic acids is 1. The number of aryl methyl sites for hydroxylation is 1. The molecular formula is C22H30N2O8S2. The summed E-state index contributed by atoms with van der Waals surface area (Å²) >= 11 is 6.13. The van der Waals surface area contributed by atoms with Crippen molar-refractivity contribution in [2.45, 2.75) is 31.3 Å².